The van der Waals surface area contributed by atoms with E-state index in [4.69, 9.17) is 10.5 Å². The van der Waals surface area contributed by atoms with E-state index in [9.17, 15) is 14.4 Å². The van der Waals surface area contributed by atoms with Gasteiger partial charge in [-0.25, -0.2) is 0 Å². The highest BCUT2D eigenvalue weighted by Gasteiger charge is 2.34. The van der Waals surface area contributed by atoms with Crippen LogP contribution in [0, 0.1) is 5.92 Å². The van der Waals surface area contributed by atoms with Crippen LogP contribution in [0.2, 0.25) is 0 Å². The number of nitrogens with two attached hydrogens (primary N) is 1. The maximum atomic E-state index is 12.0. The molecule has 1 heterocycles. The molecule has 3 atom stereocenters. The number of ether oxygens (including phenoxy) is 1. The van der Waals surface area contributed by atoms with Crippen molar-refractivity contribution in [1.29, 1.82) is 0 Å². The molecule has 0 spiro atoms. The first-order chi connectivity index (χ1) is 9.08. The number of amides is 2. The van der Waals surface area contributed by atoms with Crippen LogP contribution in [-0.4, -0.2) is 36.4 Å². The van der Waals surface area contributed by atoms with Crippen LogP contribution in [0.25, 0.3) is 0 Å². The largest absolute Gasteiger partial charge is 0.368 e. The lowest BCUT2D eigenvalue weighted by atomic mass is 9.82. The lowest BCUT2D eigenvalue weighted by molar-refractivity contribution is -0.135. The quantitative estimate of drug-likeness (QED) is 0.743. The van der Waals surface area contributed by atoms with Gasteiger partial charge in [-0.15, -0.1) is 0 Å². The van der Waals surface area contributed by atoms with Gasteiger partial charge in [-0.1, -0.05) is 0 Å². The Balaban J connectivity index is 1.97. The highest BCUT2D eigenvalue weighted by atomic mass is 16.5. The third kappa shape index (κ3) is 3.53. The third-order valence-corrected chi connectivity index (χ3v) is 3.82. The summed E-state index contributed by atoms with van der Waals surface area (Å²) in [6.07, 6.45) is 3.40. The molecule has 0 aromatic heterocycles. The van der Waals surface area contributed by atoms with Crippen LogP contribution >= 0.6 is 0 Å². The van der Waals surface area contributed by atoms with E-state index in [1.165, 1.54) is 0 Å². The van der Waals surface area contributed by atoms with E-state index in [1.807, 2.05) is 0 Å². The maximum absolute atomic E-state index is 12.0. The zero-order chi connectivity index (χ0) is 13.8. The van der Waals surface area contributed by atoms with Gasteiger partial charge in [0.15, 0.2) is 0 Å². The Morgan fingerprint density at radius 3 is 2.68 bits per heavy atom. The van der Waals surface area contributed by atoms with Gasteiger partial charge in [-0.05, 0) is 31.6 Å². The SMILES string of the molecule is NC(=O)[C@H](NC(=O)[C@H]1CCCO1)[C@@H]1CCCC(=O)C1. The second-order valence-electron chi connectivity index (χ2n) is 5.29. The van der Waals surface area contributed by atoms with E-state index in [-0.39, 0.29) is 17.6 Å². The van der Waals surface area contributed by atoms with Crippen LogP contribution in [0.15, 0.2) is 0 Å². The molecule has 2 fully saturated rings. The Kier molecular flexibility index (Phi) is 4.52. The molecule has 0 aromatic rings. The molecule has 3 N–H and O–H groups in total. The van der Waals surface area contributed by atoms with Crippen molar-refractivity contribution in [3.05, 3.63) is 0 Å². The van der Waals surface area contributed by atoms with Crippen LogP contribution < -0.4 is 11.1 Å². The maximum Gasteiger partial charge on any atom is 0.249 e. The fourth-order valence-corrected chi connectivity index (χ4v) is 2.79. The molecule has 2 rings (SSSR count). The zero-order valence-corrected chi connectivity index (χ0v) is 10.9. The van der Waals surface area contributed by atoms with Crippen molar-refractivity contribution in [3.63, 3.8) is 0 Å². The molecule has 0 unspecified atom stereocenters. The van der Waals surface area contributed by atoms with Gasteiger partial charge in [-0.3, -0.25) is 14.4 Å². The van der Waals surface area contributed by atoms with E-state index in [0.29, 0.717) is 25.9 Å². The van der Waals surface area contributed by atoms with Crippen molar-refractivity contribution in [2.45, 2.75) is 50.7 Å². The van der Waals surface area contributed by atoms with Gasteiger partial charge < -0.3 is 15.8 Å². The fourth-order valence-electron chi connectivity index (χ4n) is 2.79. The molecule has 6 nitrogen and oxygen atoms in total. The molecule has 0 aromatic carbocycles. The summed E-state index contributed by atoms with van der Waals surface area (Å²) in [6.45, 7) is 0.571. The summed E-state index contributed by atoms with van der Waals surface area (Å²) < 4.78 is 5.27. The van der Waals surface area contributed by atoms with Gasteiger partial charge in [0, 0.05) is 19.4 Å². The summed E-state index contributed by atoms with van der Waals surface area (Å²) in [6, 6.07) is -0.763. The molecule has 1 saturated carbocycles. The first-order valence-electron chi connectivity index (χ1n) is 6.81. The Morgan fingerprint density at radius 1 is 1.32 bits per heavy atom. The van der Waals surface area contributed by atoms with E-state index in [2.05, 4.69) is 5.32 Å². The Bertz CT molecular complexity index is 377. The first-order valence-corrected chi connectivity index (χ1v) is 6.81. The fraction of sp³-hybridized carbons (Fsp3) is 0.769. The molecular formula is C13H20N2O4. The number of hydrogen-bond acceptors (Lipinski definition) is 4. The van der Waals surface area contributed by atoms with Crippen LogP contribution in [-0.2, 0) is 19.1 Å². The number of nitrogens with one attached hydrogen (secondary N) is 1. The van der Waals surface area contributed by atoms with Crippen molar-refractivity contribution in [3.8, 4) is 0 Å². The summed E-state index contributed by atoms with van der Waals surface area (Å²) in [5.41, 5.74) is 5.35. The zero-order valence-electron chi connectivity index (χ0n) is 10.9. The monoisotopic (exact) mass is 268 g/mol. The van der Waals surface area contributed by atoms with Gasteiger partial charge >= 0.3 is 0 Å². The summed E-state index contributed by atoms with van der Waals surface area (Å²) >= 11 is 0. The number of hydrogen-bond donors (Lipinski definition) is 2. The lowest BCUT2D eigenvalue weighted by Crippen LogP contribution is -2.52. The Labute approximate surface area is 112 Å². The molecule has 0 bridgehead atoms. The number of carbonyl (C=O) groups is 3. The Morgan fingerprint density at radius 2 is 2.11 bits per heavy atom. The summed E-state index contributed by atoms with van der Waals surface area (Å²) in [5.74, 6) is -0.914. The minimum absolute atomic E-state index is 0.133. The molecule has 19 heavy (non-hydrogen) atoms. The molecule has 2 aliphatic rings. The summed E-state index contributed by atoms with van der Waals surface area (Å²) in [5, 5.41) is 2.66. The summed E-state index contributed by atoms with van der Waals surface area (Å²) in [7, 11) is 0. The third-order valence-electron chi connectivity index (χ3n) is 3.82. The predicted molar refractivity (Wildman–Crippen MR) is 67.1 cm³/mol. The molecular weight excluding hydrogens is 248 g/mol. The molecule has 6 heteroatoms. The molecule has 106 valence electrons. The number of carbonyl (C=O) groups excluding carboxylic acids is 3. The van der Waals surface area contributed by atoms with Crippen LogP contribution in [0.5, 0.6) is 0 Å². The summed E-state index contributed by atoms with van der Waals surface area (Å²) in [4.78, 5) is 34.9. The highest BCUT2D eigenvalue weighted by molar-refractivity contribution is 5.89. The molecule has 1 aliphatic carbocycles. The first kappa shape index (κ1) is 14.0. The van der Waals surface area contributed by atoms with Crippen molar-refractivity contribution in [1.82, 2.24) is 5.32 Å². The normalized spacial score (nSPS) is 28.9. The number of rotatable bonds is 4. The number of Topliss-reactive ketones (excluding diaryl/α,β-unsaturated/α-hetero) is 1. The van der Waals surface area contributed by atoms with Crippen molar-refractivity contribution in [2.24, 2.45) is 11.7 Å². The molecule has 1 aliphatic heterocycles. The van der Waals surface area contributed by atoms with Gasteiger partial charge in [0.2, 0.25) is 11.8 Å². The lowest BCUT2D eigenvalue weighted by Gasteiger charge is -2.28. The average molecular weight is 268 g/mol. The average Bonchev–Trinajstić information content (AvgIpc) is 2.89. The van der Waals surface area contributed by atoms with Crippen LogP contribution in [0.4, 0.5) is 0 Å². The standard InChI is InChI=1S/C13H20N2O4/c14-12(17)11(8-3-1-4-9(16)7-8)15-13(18)10-5-2-6-19-10/h8,10-11H,1-7H2,(H2,14,17)(H,15,18)/t8-,10-,11-/m1/s1. The number of primary amides is 1. The van der Waals surface area contributed by atoms with Crippen LogP contribution in [0.3, 0.4) is 0 Å². The Hall–Kier alpha value is -1.43. The van der Waals surface area contributed by atoms with E-state index < -0.39 is 18.1 Å². The molecule has 1 saturated heterocycles. The minimum atomic E-state index is -0.763. The van der Waals surface area contributed by atoms with Gasteiger partial charge in [-0.2, -0.15) is 0 Å². The topological polar surface area (TPSA) is 98.5 Å². The molecule has 0 radical (unpaired) electrons. The van der Waals surface area contributed by atoms with E-state index in [0.717, 1.165) is 19.3 Å². The van der Waals surface area contributed by atoms with Crippen molar-refractivity contribution < 1.29 is 19.1 Å². The smallest absolute Gasteiger partial charge is 0.249 e. The van der Waals surface area contributed by atoms with Crippen LogP contribution in [0.1, 0.15) is 38.5 Å². The minimum Gasteiger partial charge on any atom is -0.368 e. The van der Waals surface area contributed by atoms with E-state index in [1.54, 1.807) is 0 Å². The van der Waals surface area contributed by atoms with Crippen molar-refractivity contribution >= 4 is 17.6 Å². The molecule has 2 amide bonds. The second kappa shape index (κ2) is 6.14. The number of ketones is 1. The van der Waals surface area contributed by atoms with Crippen molar-refractivity contribution in [2.75, 3.05) is 6.61 Å². The highest BCUT2D eigenvalue weighted by Crippen LogP contribution is 2.24. The van der Waals surface area contributed by atoms with Gasteiger partial charge in [0.1, 0.15) is 17.9 Å². The van der Waals surface area contributed by atoms with Gasteiger partial charge in [0.05, 0.1) is 0 Å². The second-order valence-corrected chi connectivity index (χ2v) is 5.29. The van der Waals surface area contributed by atoms with Gasteiger partial charge in [0.25, 0.3) is 0 Å². The van der Waals surface area contributed by atoms with E-state index >= 15 is 0 Å². The predicted octanol–water partition coefficient (Wildman–Crippen LogP) is -0.105.